The maximum atomic E-state index is 9.99. The fourth-order valence-electron chi connectivity index (χ4n) is 1.35. The van der Waals surface area contributed by atoms with E-state index < -0.39 is 6.10 Å². The molecule has 2 rings (SSSR count). The van der Waals surface area contributed by atoms with E-state index in [1.807, 2.05) is 19.1 Å². The largest absolute Gasteiger partial charge is 0.399 e. The van der Waals surface area contributed by atoms with Gasteiger partial charge in [0.15, 0.2) is 4.34 Å². The zero-order valence-corrected chi connectivity index (χ0v) is 11.0. The summed E-state index contributed by atoms with van der Waals surface area (Å²) in [7, 11) is 0. The summed E-state index contributed by atoms with van der Waals surface area (Å²) in [4.78, 5) is 0. The summed E-state index contributed by atoms with van der Waals surface area (Å²) in [5.74, 6) is 0.554. The molecule has 0 spiro atoms. The van der Waals surface area contributed by atoms with Gasteiger partial charge in [-0.2, -0.15) is 0 Å². The normalized spacial score (nSPS) is 12.6. The molecule has 0 saturated heterocycles. The monoisotopic (exact) mass is 267 g/mol. The van der Waals surface area contributed by atoms with Crippen LogP contribution in [0.3, 0.4) is 0 Å². The molecule has 2 aromatic rings. The molecule has 0 saturated carbocycles. The van der Waals surface area contributed by atoms with Crippen LogP contribution in [0.1, 0.15) is 16.7 Å². The van der Waals surface area contributed by atoms with Crippen molar-refractivity contribution >= 4 is 28.8 Å². The van der Waals surface area contributed by atoms with Crippen molar-refractivity contribution in [2.75, 3.05) is 11.5 Å². The fourth-order valence-corrected chi connectivity index (χ4v) is 3.16. The van der Waals surface area contributed by atoms with Crippen LogP contribution in [-0.4, -0.2) is 21.1 Å². The minimum absolute atomic E-state index is 0.535. The van der Waals surface area contributed by atoms with Crippen molar-refractivity contribution in [2.24, 2.45) is 0 Å². The number of hydrogen-bond donors (Lipinski definition) is 2. The number of rotatable bonds is 4. The van der Waals surface area contributed by atoms with Gasteiger partial charge in [-0.15, -0.1) is 10.2 Å². The van der Waals surface area contributed by atoms with E-state index in [0.717, 1.165) is 14.9 Å². The van der Waals surface area contributed by atoms with Crippen molar-refractivity contribution in [3.05, 3.63) is 34.8 Å². The van der Waals surface area contributed by atoms with Crippen LogP contribution in [0.25, 0.3) is 0 Å². The summed E-state index contributed by atoms with van der Waals surface area (Å²) in [6, 6.07) is 7.30. The second-order valence-electron chi connectivity index (χ2n) is 3.58. The van der Waals surface area contributed by atoms with Gasteiger partial charge in [-0.05, 0) is 24.6 Å². The van der Waals surface area contributed by atoms with Gasteiger partial charge in [0.05, 0.1) is 6.10 Å². The molecule has 4 nitrogen and oxygen atoms in total. The van der Waals surface area contributed by atoms with Gasteiger partial charge in [0.25, 0.3) is 0 Å². The van der Waals surface area contributed by atoms with E-state index in [1.165, 1.54) is 23.1 Å². The molecule has 0 aliphatic rings. The van der Waals surface area contributed by atoms with Crippen molar-refractivity contribution in [1.82, 2.24) is 10.2 Å². The zero-order chi connectivity index (χ0) is 12.3. The van der Waals surface area contributed by atoms with E-state index >= 15 is 0 Å². The topological polar surface area (TPSA) is 72.0 Å². The summed E-state index contributed by atoms with van der Waals surface area (Å²) in [6.07, 6.45) is -0.535. The highest BCUT2D eigenvalue weighted by Gasteiger charge is 2.10. The van der Waals surface area contributed by atoms with E-state index in [0.29, 0.717) is 11.4 Å². The molecule has 3 N–H and O–H groups in total. The standard InChI is InChI=1S/C11H13N3OS2/c1-7-13-14-11(17-7)16-6-10(15)8-3-2-4-9(12)5-8/h2-5,10,15H,6,12H2,1H3. The quantitative estimate of drug-likeness (QED) is 0.656. The van der Waals surface area contributed by atoms with E-state index in [-0.39, 0.29) is 0 Å². The number of benzene rings is 1. The van der Waals surface area contributed by atoms with Crippen LogP contribution in [0.5, 0.6) is 0 Å². The Balaban J connectivity index is 1.95. The van der Waals surface area contributed by atoms with Crippen molar-refractivity contribution in [3.63, 3.8) is 0 Å². The molecular formula is C11H13N3OS2. The number of thioether (sulfide) groups is 1. The van der Waals surface area contributed by atoms with Crippen LogP contribution in [0.4, 0.5) is 5.69 Å². The number of anilines is 1. The predicted octanol–water partition coefficient (Wildman–Crippen LogP) is 2.25. The molecule has 1 aromatic heterocycles. The number of aromatic nitrogens is 2. The van der Waals surface area contributed by atoms with Crippen molar-refractivity contribution in [1.29, 1.82) is 0 Å². The number of aryl methyl sites for hydroxylation is 1. The Bertz CT molecular complexity index is 501. The van der Waals surface area contributed by atoms with Gasteiger partial charge in [0.1, 0.15) is 5.01 Å². The lowest BCUT2D eigenvalue weighted by Crippen LogP contribution is -2.01. The Labute approximate surface area is 108 Å². The first-order valence-corrected chi connectivity index (χ1v) is 6.92. The van der Waals surface area contributed by atoms with E-state index in [9.17, 15) is 5.11 Å². The van der Waals surface area contributed by atoms with Crippen LogP contribution < -0.4 is 5.73 Å². The van der Waals surface area contributed by atoms with Crippen LogP contribution in [0.15, 0.2) is 28.6 Å². The molecule has 0 bridgehead atoms. The molecule has 0 radical (unpaired) electrons. The minimum atomic E-state index is -0.535. The second-order valence-corrected chi connectivity index (χ2v) is 6.03. The number of aliphatic hydroxyl groups is 1. The number of nitrogens with zero attached hydrogens (tertiary/aromatic N) is 2. The summed E-state index contributed by atoms with van der Waals surface area (Å²) in [5, 5.41) is 18.9. The van der Waals surface area contributed by atoms with Crippen LogP contribution in [0.2, 0.25) is 0 Å². The molecule has 90 valence electrons. The summed E-state index contributed by atoms with van der Waals surface area (Å²) < 4.78 is 0.880. The van der Waals surface area contributed by atoms with Crippen LogP contribution in [0, 0.1) is 6.92 Å². The van der Waals surface area contributed by atoms with Crippen LogP contribution >= 0.6 is 23.1 Å². The average Bonchev–Trinajstić information content (AvgIpc) is 2.72. The second kappa shape index (κ2) is 5.48. The summed E-state index contributed by atoms with van der Waals surface area (Å²) >= 11 is 3.04. The summed E-state index contributed by atoms with van der Waals surface area (Å²) in [5.41, 5.74) is 7.17. The van der Waals surface area contributed by atoms with Gasteiger partial charge in [0.2, 0.25) is 0 Å². The van der Waals surface area contributed by atoms with Crippen molar-refractivity contribution < 1.29 is 5.11 Å². The number of hydrogen-bond acceptors (Lipinski definition) is 6. The molecule has 1 unspecified atom stereocenters. The Morgan fingerprint density at radius 3 is 2.94 bits per heavy atom. The van der Waals surface area contributed by atoms with E-state index in [4.69, 9.17) is 5.73 Å². The molecule has 1 aromatic carbocycles. The third-order valence-corrected chi connectivity index (χ3v) is 4.22. The summed E-state index contributed by atoms with van der Waals surface area (Å²) in [6.45, 7) is 1.91. The smallest absolute Gasteiger partial charge is 0.174 e. The SMILES string of the molecule is Cc1nnc(SCC(O)c2cccc(N)c2)s1. The Morgan fingerprint density at radius 1 is 1.47 bits per heavy atom. The Morgan fingerprint density at radius 2 is 2.29 bits per heavy atom. The first kappa shape index (κ1) is 12.3. The molecule has 0 aliphatic carbocycles. The third kappa shape index (κ3) is 3.42. The molecule has 1 atom stereocenters. The highest BCUT2D eigenvalue weighted by molar-refractivity contribution is 8.01. The van der Waals surface area contributed by atoms with Gasteiger partial charge in [-0.25, -0.2) is 0 Å². The first-order chi connectivity index (χ1) is 8.15. The average molecular weight is 267 g/mol. The predicted molar refractivity (Wildman–Crippen MR) is 71.2 cm³/mol. The maximum absolute atomic E-state index is 9.99. The Kier molecular flexibility index (Phi) is 3.98. The molecule has 1 heterocycles. The molecule has 0 amide bonds. The Hall–Kier alpha value is -1.11. The highest BCUT2D eigenvalue weighted by Crippen LogP contribution is 2.27. The molecule has 17 heavy (non-hydrogen) atoms. The van der Waals surface area contributed by atoms with Crippen molar-refractivity contribution in [2.45, 2.75) is 17.4 Å². The first-order valence-electron chi connectivity index (χ1n) is 5.11. The molecule has 0 fully saturated rings. The molecule has 6 heteroatoms. The zero-order valence-electron chi connectivity index (χ0n) is 9.33. The highest BCUT2D eigenvalue weighted by atomic mass is 32.2. The lowest BCUT2D eigenvalue weighted by Gasteiger charge is -2.09. The number of nitrogen functional groups attached to an aromatic ring is 1. The van der Waals surface area contributed by atoms with E-state index in [2.05, 4.69) is 10.2 Å². The lowest BCUT2D eigenvalue weighted by molar-refractivity contribution is 0.204. The number of nitrogens with two attached hydrogens (primary N) is 1. The van der Waals surface area contributed by atoms with Gasteiger partial charge >= 0.3 is 0 Å². The maximum Gasteiger partial charge on any atom is 0.174 e. The van der Waals surface area contributed by atoms with Gasteiger partial charge in [-0.1, -0.05) is 35.2 Å². The number of aliphatic hydroxyl groups excluding tert-OH is 1. The third-order valence-electron chi connectivity index (χ3n) is 2.17. The van der Waals surface area contributed by atoms with E-state index in [1.54, 1.807) is 12.1 Å². The van der Waals surface area contributed by atoms with Gasteiger partial charge in [0, 0.05) is 11.4 Å². The van der Waals surface area contributed by atoms with Crippen molar-refractivity contribution in [3.8, 4) is 0 Å². The molecular weight excluding hydrogens is 254 g/mol. The molecule has 0 aliphatic heterocycles. The van der Waals surface area contributed by atoms with Gasteiger partial charge in [-0.3, -0.25) is 0 Å². The lowest BCUT2D eigenvalue weighted by atomic mass is 10.1. The minimum Gasteiger partial charge on any atom is -0.399 e. The van der Waals surface area contributed by atoms with Gasteiger partial charge < -0.3 is 10.8 Å². The van der Waals surface area contributed by atoms with Crippen LogP contribution in [-0.2, 0) is 0 Å². The fraction of sp³-hybridized carbons (Fsp3) is 0.273.